The molecule has 0 saturated carbocycles. The van der Waals surface area contributed by atoms with Crippen LogP contribution in [0, 0.1) is 0 Å². The third-order valence-electron chi connectivity index (χ3n) is 2.93. The maximum Gasteiger partial charge on any atom is 0.223 e. The monoisotopic (exact) mass is 247 g/mol. The van der Waals surface area contributed by atoms with Gasteiger partial charge in [0.05, 0.1) is 5.54 Å². The number of rotatable bonds is 4. The van der Waals surface area contributed by atoms with E-state index in [9.17, 15) is 0 Å². The van der Waals surface area contributed by atoms with Crippen molar-refractivity contribution in [3.8, 4) is 5.75 Å². The largest absolute Gasteiger partial charge is 0.484 e. The maximum atomic E-state index is 5.66. The highest BCUT2D eigenvalue weighted by Crippen LogP contribution is 2.20. The molecule has 0 radical (unpaired) electrons. The Bertz CT molecular complexity index is 432. The molecule has 0 atom stereocenters. The average molecular weight is 247 g/mol. The first-order chi connectivity index (χ1) is 8.46. The molecular formula is C15H21NO2. The molecule has 0 spiro atoms. The van der Waals surface area contributed by atoms with Gasteiger partial charge in [0.25, 0.3) is 0 Å². The summed E-state index contributed by atoms with van der Waals surface area (Å²) in [5.41, 5.74) is 1.21. The molecule has 3 nitrogen and oxygen atoms in total. The van der Waals surface area contributed by atoms with Crippen LogP contribution in [-0.4, -0.2) is 24.7 Å². The molecule has 0 bridgehead atoms. The Morgan fingerprint density at radius 1 is 1.28 bits per heavy atom. The number of benzene rings is 1. The van der Waals surface area contributed by atoms with Gasteiger partial charge in [0.2, 0.25) is 5.90 Å². The molecule has 2 rings (SSSR count). The summed E-state index contributed by atoms with van der Waals surface area (Å²) in [5, 5.41) is 0. The van der Waals surface area contributed by atoms with Gasteiger partial charge < -0.3 is 9.47 Å². The van der Waals surface area contributed by atoms with E-state index in [2.05, 4.69) is 44.8 Å². The fourth-order valence-corrected chi connectivity index (χ4v) is 1.83. The van der Waals surface area contributed by atoms with E-state index in [1.165, 1.54) is 5.56 Å². The van der Waals surface area contributed by atoms with Crippen LogP contribution in [-0.2, 0) is 4.74 Å². The van der Waals surface area contributed by atoms with Crippen molar-refractivity contribution in [2.75, 3.05) is 13.2 Å². The van der Waals surface area contributed by atoms with E-state index < -0.39 is 0 Å². The van der Waals surface area contributed by atoms with Crippen LogP contribution in [0.5, 0.6) is 5.75 Å². The maximum absolute atomic E-state index is 5.66. The molecule has 18 heavy (non-hydrogen) atoms. The summed E-state index contributed by atoms with van der Waals surface area (Å²) in [4.78, 5) is 4.45. The Balaban J connectivity index is 1.91. The fourth-order valence-electron chi connectivity index (χ4n) is 1.83. The summed E-state index contributed by atoms with van der Waals surface area (Å²) in [6.45, 7) is 9.51. The third kappa shape index (κ3) is 3.25. The summed E-state index contributed by atoms with van der Waals surface area (Å²) in [7, 11) is 0. The molecule has 0 fully saturated rings. The lowest BCUT2D eigenvalue weighted by molar-refractivity contribution is 0.255. The fraction of sp³-hybridized carbons (Fsp3) is 0.533. The molecule has 0 amide bonds. The summed E-state index contributed by atoms with van der Waals surface area (Å²) in [6, 6.07) is 8.19. The van der Waals surface area contributed by atoms with E-state index in [1.54, 1.807) is 0 Å². The Kier molecular flexibility index (Phi) is 3.60. The van der Waals surface area contributed by atoms with Crippen molar-refractivity contribution in [1.82, 2.24) is 0 Å². The molecule has 98 valence electrons. The van der Waals surface area contributed by atoms with E-state index >= 15 is 0 Å². The minimum absolute atomic E-state index is 0.111. The first-order valence-corrected chi connectivity index (χ1v) is 6.40. The zero-order valence-corrected chi connectivity index (χ0v) is 11.6. The smallest absolute Gasteiger partial charge is 0.223 e. The standard InChI is InChI=1S/C15H21NO2/c1-11(2)12-5-7-13(8-6-12)17-9-14-16-15(3,4)10-18-14/h5-8,11H,9-10H2,1-4H3. The van der Waals surface area contributed by atoms with Crippen LogP contribution >= 0.6 is 0 Å². The van der Waals surface area contributed by atoms with Crippen LogP contribution in [0.4, 0.5) is 0 Å². The van der Waals surface area contributed by atoms with Crippen molar-refractivity contribution in [3.05, 3.63) is 29.8 Å². The highest BCUT2D eigenvalue weighted by Gasteiger charge is 2.26. The molecule has 0 unspecified atom stereocenters. The van der Waals surface area contributed by atoms with Gasteiger partial charge >= 0.3 is 0 Å². The predicted octanol–water partition coefficient (Wildman–Crippen LogP) is 3.40. The van der Waals surface area contributed by atoms with Crippen LogP contribution in [0.3, 0.4) is 0 Å². The van der Waals surface area contributed by atoms with Gasteiger partial charge in [-0.15, -0.1) is 0 Å². The second-order valence-electron chi connectivity index (χ2n) is 5.62. The molecule has 0 aromatic heterocycles. The van der Waals surface area contributed by atoms with Gasteiger partial charge in [-0.25, -0.2) is 4.99 Å². The lowest BCUT2D eigenvalue weighted by Crippen LogP contribution is -2.17. The minimum atomic E-state index is -0.111. The van der Waals surface area contributed by atoms with Gasteiger partial charge in [-0.05, 0) is 37.5 Å². The summed E-state index contributed by atoms with van der Waals surface area (Å²) >= 11 is 0. The summed E-state index contributed by atoms with van der Waals surface area (Å²) in [6.07, 6.45) is 0. The van der Waals surface area contributed by atoms with Gasteiger partial charge in [0, 0.05) is 0 Å². The number of ether oxygens (including phenoxy) is 2. The molecular weight excluding hydrogens is 226 g/mol. The van der Waals surface area contributed by atoms with Crippen LogP contribution in [0.1, 0.15) is 39.2 Å². The zero-order valence-electron chi connectivity index (χ0n) is 11.6. The Hall–Kier alpha value is -1.51. The number of hydrogen-bond donors (Lipinski definition) is 0. The molecule has 1 aliphatic heterocycles. The van der Waals surface area contributed by atoms with Crippen molar-refractivity contribution in [3.63, 3.8) is 0 Å². The van der Waals surface area contributed by atoms with Gasteiger partial charge in [-0.3, -0.25) is 0 Å². The van der Waals surface area contributed by atoms with Crippen molar-refractivity contribution >= 4 is 5.90 Å². The molecule has 1 aliphatic rings. The average Bonchev–Trinajstić information content (AvgIpc) is 2.67. The second-order valence-corrected chi connectivity index (χ2v) is 5.62. The molecule has 1 aromatic carbocycles. The second kappa shape index (κ2) is 5.01. The van der Waals surface area contributed by atoms with Gasteiger partial charge in [-0.1, -0.05) is 26.0 Å². The molecule has 0 N–H and O–H groups in total. The first-order valence-electron chi connectivity index (χ1n) is 6.40. The van der Waals surface area contributed by atoms with Crippen molar-refractivity contribution in [1.29, 1.82) is 0 Å². The van der Waals surface area contributed by atoms with E-state index in [-0.39, 0.29) is 5.54 Å². The molecule has 3 heteroatoms. The van der Waals surface area contributed by atoms with Crippen LogP contribution in [0.25, 0.3) is 0 Å². The lowest BCUT2D eigenvalue weighted by atomic mass is 10.0. The normalized spacial score (nSPS) is 17.5. The quantitative estimate of drug-likeness (QED) is 0.816. The molecule has 0 saturated heterocycles. The molecule has 1 aromatic rings. The third-order valence-corrected chi connectivity index (χ3v) is 2.93. The Morgan fingerprint density at radius 3 is 2.44 bits per heavy atom. The summed E-state index contributed by atoms with van der Waals surface area (Å²) < 4.78 is 11.1. The van der Waals surface area contributed by atoms with Gasteiger partial charge in [0.15, 0.2) is 6.61 Å². The first kappa shape index (κ1) is 12.9. The molecule has 1 heterocycles. The topological polar surface area (TPSA) is 30.8 Å². The van der Waals surface area contributed by atoms with E-state index in [0.29, 0.717) is 25.0 Å². The van der Waals surface area contributed by atoms with Crippen molar-refractivity contribution in [2.24, 2.45) is 4.99 Å². The number of nitrogens with zero attached hydrogens (tertiary/aromatic N) is 1. The minimum Gasteiger partial charge on any atom is -0.484 e. The van der Waals surface area contributed by atoms with E-state index in [0.717, 1.165) is 5.75 Å². The lowest BCUT2D eigenvalue weighted by Gasteiger charge is -2.08. The summed E-state index contributed by atoms with van der Waals surface area (Å²) in [5.74, 6) is 2.09. The SMILES string of the molecule is CC(C)c1ccc(OCC2=NC(C)(C)CO2)cc1. The van der Waals surface area contributed by atoms with Crippen LogP contribution < -0.4 is 4.74 Å². The Morgan fingerprint density at radius 2 is 1.94 bits per heavy atom. The van der Waals surface area contributed by atoms with E-state index in [1.807, 2.05) is 12.1 Å². The highest BCUT2D eigenvalue weighted by molar-refractivity contribution is 5.79. The Labute approximate surface area is 109 Å². The zero-order chi connectivity index (χ0) is 13.2. The van der Waals surface area contributed by atoms with Gasteiger partial charge in [-0.2, -0.15) is 0 Å². The van der Waals surface area contributed by atoms with Crippen LogP contribution in [0.15, 0.2) is 29.3 Å². The van der Waals surface area contributed by atoms with Gasteiger partial charge in [0.1, 0.15) is 12.4 Å². The van der Waals surface area contributed by atoms with Crippen LogP contribution in [0.2, 0.25) is 0 Å². The highest BCUT2D eigenvalue weighted by atomic mass is 16.5. The van der Waals surface area contributed by atoms with Crippen molar-refractivity contribution < 1.29 is 9.47 Å². The van der Waals surface area contributed by atoms with Crippen molar-refractivity contribution in [2.45, 2.75) is 39.2 Å². The molecule has 0 aliphatic carbocycles. The van der Waals surface area contributed by atoms with E-state index in [4.69, 9.17) is 9.47 Å². The number of hydrogen-bond acceptors (Lipinski definition) is 3. The predicted molar refractivity (Wildman–Crippen MR) is 73.5 cm³/mol. The number of aliphatic imine (C=N–C) groups is 1.